The van der Waals surface area contributed by atoms with E-state index in [1.807, 2.05) is 0 Å². The third-order valence-electron chi connectivity index (χ3n) is 4.30. The van der Waals surface area contributed by atoms with E-state index in [0.717, 1.165) is 18.2 Å². The van der Waals surface area contributed by atoms with Crippen LogP contribution in [0.25, 0.3) is 11.1 Å². The van der Waals surface area contributed by atoms with Crippen LogP contribution in [0.4, 0.5) is 27.6 Å². The van der Waals surface area contributed by atoms with Gasteiger partial charge in [0, 0.05) is 0 Å². The Balaban J connectivity index is 2.02. The third kappa shape index (κ3) is 4.74. The summed E-state index contributed by atoms with van der Waals surface area (Å²) in [5, 5.41) is 11.7. The molecule has 0 heterocycles. The molecular formula is C21H11BrF5NO3. The van der Waals surface area contributed by atoms with Gasteiger partial charge in [0.1, 0.15) is 11.6 Å². The predicted molar refractivity (Wildman–Crippen MR) is 106 cm³/mol. The SMILES string of the molecule is O=C(Nc1ccc(C(F)(F)F)cc1F)c1cccc(-c2ccc(Br)c(F)c2)c1C(=O)O. The van der Waals surface area contributed by atoms with Crippen LogP contribution in [0.1, 0.15) is 26.3 Å². The molecule has 0 spiro atoms. The van der Waals surface area contributed by atoms with Crippen LogP contribution >= 0.6 is 15.9 Å². The molecule has 0 saturated carbocycles. The highest BCUT2D eigenvalue weighted by Gasteiger charge is 2.31. The summed E-state index contributed by atoms with van der Waals surface area (Å²) in [6.07, 6.45) is -4.77. The number of amides is 1. The highest BCUT2D eigenvalue weighted by molar-refractivity contribution is 9.10. The fourth-order valence-corrected chi connectivity index (χ4v) is 3.11. The summed E-state index contributed by atoms with van der Waals surface area (Å²) < 4.78 is 66.2. The molecule has 0 aromatic heterocycles. The number of carboxylic acids is 1. The summed E-state index contributed by atoms with van der Waals surface area (Å²) in [4.78, 5) is 24.5. The number of anilines is 1. The fraction of sp³-hybridized carbons (Fsp3) is 0.0476. The monoisotopic (exact) mass is 499 g/mol. The van der Waals surface area contributed by atoms with Crippen molar-refractivity contribution in [3.63, 3.8) is 0 Å². The summed E-state index contributed by atoms with van der Waals surface area (Å²) in [5.74, 6) is -4.56. The average molecular weight is 500 g/mol. The van der Waals surface area contributed by atoms with Gasteiger partial charge in [-0.15, -0.1) is 0 Å². The number of nitrogens with one attached hydrogen (secondary N) is 1. The van der Waals surface area contributed by atoms with Gasteiger partial charge in [0.05, 0.1) is 26.9 Å². The first-order chi connectivity index (χ1) is 14.5. The molecule has 0 bridgehead atoms. The Kier molecular flexibility index (Phi) is 6.12. The van der Waals surface area contributed by atoms with Crippen molar-refractivity contribution < 1.29 is 36.6 Å². The van der Waals surface area contributed by atoms with Gasteiger partial charge in [0.15, 0.2) is 0 Å². The number of hydrogen-bond donors (Lipinski definition) is 2. The molecule has 0 unspecified atom stereocenters. The number of alkyl halides is 3. The average Bonchev–Trinajstić information content (AvgIpc) is 2.70. The molecule has 3 aromatic rings. The second kappa shape index (κ2) is 8.46. The molecule has 160 valence electrons. The minimum absolute atomic E-state index is 0.0273. The van der Waals surface area contributed by atoms with Gasteiger partial charge in [0.25, 0.3) is 5.91 Å². The lowest BCUT2D eigenvalue weighted by Crippen LogP contribution is -2.18. The number of carboxylic acid groups (broad SMARTS) is 1. The maximum absolute atomic E-state index is 14.1. The van der Waals surface area contributed by atoms with Gasteiger partial charge in [-0.05, 0) is 63.5 Å². The van der Waals surface area contributed by atoms with Crippen molar-refractivity contribution in [2.24, 2.45) is 0 Å². The smallest absolute Gasteiger partial charge is 0.416 e. The van der Waals surface area contributed by atoms with E-state index in [-0.39, 0.29) is 27.2 Å². The lowest BCUT2D eigenvalue weighted by atomic mass is 9.95. The molecule has 3 rings (SSSR count). The predicted octanol–water partition coefficient (Wildman–Crippen LogP) is 6.36. The van der Waals surface area contributed by atoms with Crippen molar-refractivity contribution in [3.8, 4) is 11.1 Å². The minimum atomic E-state index is -4.77. The van der Waals surface area contributed by atoms with Crippen molar-refractivity contribution in [1.29, 1.82) is 0 Å². The van der Waals surface area contributed by atoms with Crippen LogP contribution in [-0.4, -0.2) is 17.0 Å². The Morgan fingerprint density at radius 3 is 2.23 bits per heavy atom. The topological polar surface area (TPSA) is 66.4 Å². The van der Waals surface area contributed by atoms with Crippen LogP contribution in [0.3, 0.4) is 0 Å². The summed E-state index contributed by atoms with van der Waals surface area (Å²) in [5.41, 5.74) is -2.46. The number of carbonyl (C=O) groups excluding carboxylic acids is 1. The zero-order valence-corrected chi connectivity index (χ0v) is 16.8. The van der Waals surface area contributed by atoms with E-state index < -0.39 is 46.5 Å². The minimum Gasteiger partial charge on any atom is -0.478 e. The van der Waals surface area contributed by atoms with E-state index in [1.54, 1.807) is 0 Å². The van der Waals surface area contributed by atoms with Crippen LogP contribution in [0.15, 0.2) is 59.1 Å². The van der Waals surface area contributed by atoms with Crippen LogP contribution in [0.5, 0.6) is 0 Å². The number of hydrogen-bond acceptors (Lipinski definition) is 2. The summed E-state index contributed by atoms with van der Waals surface area (Å²) in [7, 11) is 0. The molecule has 0 radical (unpaired) electrons. The first-order valence-electron chi connectivity index (χ1n) is 8.49. The van der Waals surface area contributed by atoms with Gasteiger partial charge in [-0.2, -0.15) is 13.2 Å². The summed E-state index contributed by atoms with van der Waals surface area (Å²) in [6, 6.07) is 9.26. The Bertz CT molecular complexity index is 1190. The van der Waals surface area contributed by atoms with E-state index in [9.17, 15) is 36.6 Å². The van der Waals surface area contributed by atoms with E-state index >= 15 is 0 Å². The quantitative estimate of drug-likeness (QED) is 0.410. The summed E-state index contributed by atoms with van der Waals surface area (Å²) in [6.45, 7) is 0. The van der Waals surface area contributed by atoms with Crippen molar-refractivity contribution in [2.45, 2.75) is 6.18 Å². The molecule has 0 fully saturated rings. The Hall–Kier alpha value is -3.27. The largest absolute Gasteiger partial charge is 0.478 e. The van der Waals surface area contributed by atoms with Gasteiger partial charge in [0.2, 0.25) is 0 Å². The molecule has 3 aromatic carbocycles. The number of halogens is 6. The number of rotatable bonds is 4. The standard InChI is InChI=1S/C21H11BrF5NO3/c22-14-6-4-10(8-15(14)23)12-2-1-3-13(18(12)20(30)31)19(29)28-17-7-5-11(9-16(17)24)21(25,26)27/h1-9H,(H,28,29)(H,30,31). The molecule has 0 aliphatic carbocycles. The van der Waals surface area contributed by atoms with Crippen LogP contribution in [0, 0.1) is 11.6 Å². The molecule has 0 atom stereocenters. The van der Waals surface area contributed by atoms with Crippen molar-refractivity contribution in [1.82, 2.24) is 0 Å². The molecule has 2 N–H and O–H groups in total. The second-order valence-corrected chi connectivity index (χ2v) is 7.16. The van der Waals surface area contributed by atoms with Crippen LogP contribution < -0.4 is 5.32 Å². The first-order valence-corrected chi connectivity index (χ1v) is 9.28. The fourth-order valence-electron chi connectivity index (χ4n) is 2.86. The first kappa shape index (κ1) is 22.4. The number of carbonyl (C=O) groups is 2. The van der Waals surface area contributed by atoms with Gasteiger partial charge in [-0.25, -0.2) is 13.6 Å². The lowest BCUT2D eigenvalue weighted by Gasteiger charge is -2.14. The molecule has 0 aliphatic rings. The lowest BCUT2D eigenvalue weighted by molar-refractivity contribution is -0.137. The Labute approximate surface area is 180 Å². The maximum Gasteiger partial charge on any atom is 0.416 e. The molecule has 31 heavy (non-hydrogen) atoms. The van der Waals surface area contributed by atoms with Crippen LogP contribution in [-0.2, 0) is 6.18 Å². The van der Waals surface area contributed by atoms with E-state index in [2.05, 4.69) is 21.2 Å². The molecule has 4 nitrogen and oxygen atoms in total. The molecular weight excluding hydrogens is 489 g/mol. The Morgan fingerprint density at radius 1 is 0.935 bits per heavy atom. The molecule has 0 aliphatic heterocycles. The van der Waals surface area contributed by atoms with Crippen molar-refractivity contribution >= 4 is 33.5 Å². The Morgan fingerprint density at radius 2 is 1.65 bits per heavy atom. The van der Waals surface area contributed by atoms with E-state index in [0.29, 0.717) is 6.07 Å². The highest BCUT2D eigenvalue weighted by atomic mass is 79.9. The highest BCUT2D eigenvalue weighted by Crippen LogP contribution is 2.32. The van der Waals surface area contributed by atoms with E-state index in [1.165, 1.54) is 24.3 Å². The normalized spacial score (nSPS) is 11.3. The van der Waals surface area contributed by atoms with Gasteiger partial charge in [-0.1, -0.05) is 18.2 Å². The van der Waals surface area contributed by atoms with Crippen molar-refractivity contribution in [2.75, 3.05) is 5.32 Å². The molecule has 1 amide bonds. The zero-order valence-electron chi connectivity index (χ0n) is 15.2. The number of aromatic carboxylic acids is 1. The number of benzene rings is 3. The van der Waals surface area contributed by atoms with E-state index in [4.69, 9.17) is 0 Å². The molecule has 0 saturated heterocycles. The maximum atomic E-state index is 14.1. The van der Waals surface area contributed by atoms with Gasteiger partial charge < -0.3 is 10.4 Å². The third-order valence-corrected chi connectivity index (χ3v) is 4.94. The van der Waals surface area contributed by atoms with Crippen molar-refractivity contribution in [3.05, 3.63) is 87.4 Å². The second-order valence-electron chi connectivity index (χ2n) is 6.31. The summed E-state index contributed by atoms with van der Waals surface area (Å²) >= 11 is 2.99. The van der Waals surface area contributed by atoms with Crippen LogP contribution in [0.2, 0.25) is 0 Å². The van der Waals surface area contributed by atoms with Gasteiger partial charge >= 0.3 is 12.1 Å². The molecule has 10 heteroatoms. The zero-order chi connectivity index (χ0) is 22.9. The van der Waals surface area contributed by atoms with Gasteiger partial charge in [-0.3, -0.25) is 4.79 Å².